The molecule has 4 aromatic carbocycles. The van der Waals surface area contributed by atoms with Gasteiger partial charge in [-0.2, -0.15) is 0 Å². The van der Waals surface area contributed by atoms with Crippen LogP contribution in [0.2, 0.25) is 0 Å². The molecule has 6 aromatic rings. The Kier molecular flexibility index (Phi) is 6.55. The average molecular weight is 513 g/mol. The molecule has 0 radical (unpaired) electrons. The van der Waals surface area contributed by atoms with Crippen molar-refractivity contribution >= 4 is 33.6 Å². The second kappa shape index (κ2) is 10.5. The smallest absolute Gasteiger partial charge is 0.310 e. The van der Waals surface area contributed by atoms with Crippen LogP contribution in [0, 0.1) is 0 Å². The Morgan fingerprint density at radius 2 is 1.23 bits per heavy atom. The Morgan fingerprint density at radius 1 is 0.667 bits per heavy atom. The van der Waals surface area contributed by atoms with Crippen LogP contribution < -0.4 is 0 Å². The summed E-state index contributed by atoms with van der Waals surface area (Å²) in [6.45, 7) is 1.06. The lowest BCUT2D eigenvalue weighted by molar-refractivity contribution is -0.139. The fourth-order valence-corrected chi connectivity index (χ4v) is 5.42. The lowest BCUT2D eigenvalue weighted by Crippen LogP contribution is -2.18. The van der Waals surface area contributed by atoms with Gasteiger partial charge < -0.3 is 13.9 Å². The van der Waals surface area contributed by atoms with Crippen molar-refractivity contribution in [2.24, 2.45) is 0 Å². The van der Waals surface area contributed by atoms with Gasteiger partial charge in [-0.1, -0.05) is 97.1 Å². The first-order valence-electron chi connectivity index (χ1n) is 13.0. The lowest BCUT2D eigenvalue weighted by atomic mass is 10.0. The zero-order valence-electron chi connectivity index (χ0n) is 21.7. The van der Waals surface area contributed by atoms with Crippen molar-refractivity contribution in [3.05, 3.63) is 143 Å². The van der Waals surface area contributed by atoms with Gasteiger partial charge in [0.15, 0.2) is 0 Å². The summed E-state index contributed by atoms with van der Waals surface area (Å²) in [5, 5.41) is 1.88. The van der Waals surface area contributed by atoms with Crippen molar-refractivity contribution in [3.63, 3.8) is 0 Å². The number of ether oxygens (including phenoxy) is 1. The summed E-state index contributed by atoms with van der Waals surface area (Å²) < 4.78 is 9.19. The zero-order chi connectivity index (χ0) is 26.8. The van der Waals surface area contributed by atoms with Gasteiger partial charge in [0, 0.05) is 40.5 Å². The average Bonchev–Trinajstić information content (AvgIpc) is 3.49. The maximum absolute atomic E-state index is 14.7. The molecule has 0 saturated carbocycles. The van der Waals surface area contributed by atoms with Crippen molar-refractivity contribution in [2.45, 2.75) is 19.5 Å². The molecule has 0 aliphatic carbocycles. The minimum atomic E-state index is -0.378. The molecule has 0 spiro atoms. The van der Waals surface area contributed by atoms with Crippen LogP contribution in [0.15, 0.2) is 115 Å². The second-order valence-electron chi connectivity index (χ2n) is 9.66. The van der Waals surface area contributed by atoms with E-state index in [1.165, 1.54) is 7.11 Å². The van der Waals surface area contributed by atoms with E-state index in [9.17, 15) is 9.59 Å². The van der Waals surface area contributed by atoms with E-state index in [4.69, 9.17) is 4.74 Å². The van der Waals surface area contributed by atoms with Gasteiger partial charge in [-0.05, 0) is 29.3 Å². The molecule has 192 valence electrons. The number of methoxy groups -OCH3 is 1. The molecule has 6 rings (SSSR count). The van der Waals surface area contributed by atoms with Crippen LogP contribution >= 0.6 is 0 Å². The fourth-order valence-electron chi connectivity index (χ4n) is 5.42. The van der Waals surface area contributed by atoms with E-state index in [1.54, 1.807) is 0 Å². The van der Waals surface area contributed by atoms with E-state index in [0.717, 1.165) is 32.9 Å². The summed E-state index contributed by atoms with van der Waals surface area (Å²) >= 11 is 0. The molecule has 0 amide bonds. The number of hydrogen-bond acceptors (Lipinski definition) is 3. The predicted molar refractivity (Wildman–Crippen MR) is 154 cm³/mol. The van der Waals surface area contributed by atoms with Gasteiger partial charge in [0.2, 0.25) is 5.78 Å². The van der Waals surface area contributed by atoms with E-state index in [2.05, 4.69) is 33.4 Å². The van der Waals surface area contributed by atoms with Gasteiger partial charge in [0.25, 0.3) is 0 Å². The van der Waals surface area contributed by atoms with Crippen molar-refractivity contribution in [1.29, 1.82) is 0 Å². The minimum Gasteiger partial charge on any atom is -0.469 e. The molecule has 0 aliphatic heterocycles. The Balaban J connectivity index is 1.59. The summed E-state index contributed by atoms with van der Waals surface area (Å²) in [5.41, 5.74) is 5.87. The van der Waals surface area contributed by atoms with Gasteiger partial charge >= 0.3 is 5.97 Å². The number of hydrogen-bond donors (Lipinski definition) is 0. The molecule has 0 unspecified atom stereocenters. The van der Waals surface area contributed by atoms with Crippen LogP contribution in [0.3, 0.4) is 0 Å². The third-order valence-electron chi connectivity index (χ3n) is 7.25. The summed E-state index contributed by atoms with van der Waals surface area (Å²) in [4.78, 5) is 27.3. The molecule has 0 aliphatic rings. The Bertz CT molecular complexity index is 1800. The molecule has 0 N–H and O–H groups in total. The topological polar surface area (TPSA) is 53.2 Å². The molecule has 2 aromatic heterocycles. The largest absolute Gasteiger partial charge is 0.469 e. The number of ketones is 1. The van der Waals surface area contributed by atoms with E-state index in [0.29, 0.717) is 30.0 Å². The summed E-state index contributed by atoms with van der Waals surface area (Å²) in [6.07, 6.45) is 0.0127. The predicted octanol–water partition coefficient (Wildman–Crippen LogP) is 6.64. The Morgan fingerprint density at radius 3 is 1.90 bits per heavy atom. The highest BCUT2D eigenvalue weighted by Crippen LogP contribution is 2.32. The Labute approximate surface area is 226 Å². The quantitative estimate of drug-likeness (QED) is 0.170. The van der Waals surface area contributed by atoms with E-state index in [1.807, 2.05) is 91.0 Å². The third-order valence-corrected chi connectivity index (χ3v) is 7.25. The van der Waals surface area contributed by atoms with Crippen LogP contribution in [-0.2, 0) is 29.0 Å². The first-order valence-corrected chi connectivity index (χ1v) is 13.0. The molecule has 2 heterocycles. The highest BCUT2D eigenvalue weighted by molar-refractivity contribution is 6.14. The number of benzene rings is 4. The van der Waals surface area contributed by atoms with Crippen molar-refractivity contribution in [2.75, 3.05) is 7.11 Å². The zero-order valence-corrected chi connectivity index (χ0v) is 21.7. The maximum Gasteiger partial charge on any atom is 0.310 e. The number of para-hydroxylation sites is 2. The van der Waals surface area contributed by atoms with Crippen molar-refractivity contribution < 1.29 is 14.3 Å². The summed E-state index contributed by atoms with van der Waals surface area (Å²) in [7, 11) is 1.38. The number of nitrogens with zero attached hydrogens (tertiary/aromatic N) is 2. The van der Waals surface area contributed by atoms with Gasteiger partial charge in [-0.25, -0.2) is 0 Å². The molecule has 39 heavy (non-hydrogen) atoms. The Hall–Kier alpha value is -4.90. The molecule has 0 atom stereocenters. The van der Waals surface area contributed by atoms with Crippen LogP contribution in [0.1, 0.15) is 32.9 Å². The molecular weight excluding hydrogens is 484 g/mol. The highest BCUT2D eigenvalue weighted by atomic mass is 16.5. The third kappa shape index (κ3) is 4.64. The first-order chi connectivity index (χ1) is 19.1. The fraction of sp³-hybridized carbons (Fsp3) is 0.118. The highest BCUT2D eigenvalue weighted by Gasteiger charge is 2.28. The van der Waals surface area contributed by atoms with Gasteiger partial charge in [-0.15, -0.1) is 0 Å². The molecule has 0 saturated heterocycles. The molecule has 0 fully saturated rings. The van der Waals surface area contributed by atoms with Crippen LogP contribution in [0.25, 0.3) is 21.8 Å². The monoisotopic (exact) mass is 512 g/mol. The van der Waals surface area contributed by atoms with Gasteiger partial charge in [-0.3, -0.25) is 9.59 Å². The van der Waals surface area contributed by atoms with Crippen LogP contribution in [0.5, 0.6) is 0 Å². The second-order valence-corrected chi connectivity index (χ2v) is 9.66. The molecule has 0 bridgehead atoms. The maximum atomic E-state index is 14.7. The van der Waals surface area contributed by atoms with Gasteiger partial charge in [0.1, 0.15) is 0 Å². The molecular formula is C34H28N2O3. The molecule has 5 nitrogen and oxygen atoms in total. The number of carbonyl (C=O) groups excluding carboxylic acids is 2. The number of esters is 1. The standard InChI is InChI=1S/C34H28N2O3/c1-39-32(37)21-28-27-17-9-11-19-30(27)36(23-25-14-6-3-7-15-25)33(28)34(38)31-20-26-16-8-10-18-29(26)35(31)22-24-12-4-2-5-13-24/h2-20H,21-23H2,1H3. The summed E-state index contributed by atoms with van der Waals surface area (Å²) in [5.74, 6) is -0.496. The number of fused-ring (bicyclic) bond motifs is 2. The molecule has 5 heteroatoms. The lowest BCUT2D eigenvalue weighted by Gasteiger charge is -2.15. The minimum absolute atomic E-state index is 0.0127. The van der Waals surface area contributed by atoms with E-state index >= 15 is 0 Å². The van der Waals surface area contributed by atoms with Gasteiger partial charge in [0.05, 0.1) is 24.9 Å². The van der Waals surface area contributed by atoms with Crippen LogP contribution in [-0.4, -0.2) is 28.0 Å². The number of rotatable bonds is 8. The normalized spacial score (nSPS) is 11.2. The SMILES string of the molecule is COC(=O)Cc1c(C(=O)c2cc3ccccc3n2Cc2ccccc2)n(Cc2ccccc2)c2ccccc12. The number of carbonyl (C=O) groups is 2. The van der Waals surface area contributed by atoms with Crippen molar-refractivity contribution in [3.8, 4) is 0 Å². The first kappa shape index (κ1) is 24.4. The van der Waals surface area contributed by atoms with E-state index in [-0.39, 0.29) is 18.2 Å². The summed E-state index contributed by atoms with van der Waals surface area (Å²) in [6, 6.07) is 38.1. The van der Waals surface area contributed by atoms with Crippen LogP contribution in [0.4, 0.5) is 0 Å². The van der Waals surface area contributed by atoms with Crippen molar-refractivity contribution in [1.82, 2.24) is 9.13 Å². The number of aromatic nitrogens is 2. The van der Waals surface area contributed by atoms with E-state index < -0.39 is 0 Å².